The number of carbonyl (C=O) groups excluding carboxylic acids is 1. The first-order chi connectivity index (χ1) is 10.8. The summed E-state index contributed by atoms with van der Waals surface area (Å²) in [7, 11) is -3.11. The van der Waals surface area contributed by atoms with Crippen LogP contribution in [0, 0.1) is 0 Å². The predicted molar refractivity (Wildman–Crippen MR) is 83.4 cm³/mol. The fourth-order valence-corrected chi connectivity index (χ4v) is 4.56. The molecule has 128 valence electrons. The highest BCUT2D eigenvalue weighted by molar-refractivity contribution is 7.91. The fourth-order valence-electron chi connectivity index (χ4n) is 2.83. The number of aryl methyl sites for hydroxylation is 1. The van der Waals surface area contributed by atoms with Crippen molar-refractivity contribution in [1.29, 1.82) is 0 Å². The first-order valence-corrected chi connectivity index (χ1v) is 9.48. The average Bonchev–Trinajstić information content (AvgIpc) is 3.07. The van der Waals surface area contributed by atoms with E-state index in [-0.39, 0.29) is 34.6 Å². The molecule has 2 rings (SSSR count). The van der Waals surface area contributed by atoms with Crippen LogP contribution in [-0.2, 0) is 16.3 Å². The van der Waals surface area contributed by atoms with E-state index in [0.717, 1.165) is 0 Å². The zero-order valence-corrected chi connectivity index (χ0v) is 14.1. The third-order valence-corrected chi connectivity index (χ3v) is 5.70. The summed E-state index contributed by atoms with van der Waals surface area (Å²) in [4.78, 5) is 25.4. The number of hydrogen-bond donors (Lipinski definition) is 1. The molecule has 8 heteroatoms. The van der Waals surface area contributed by atoms with Crippen LogP contribution < -0.4 is 0 Å². The highest BCUT2D eigenvalue weighted by Crippen LogP contribution is 2.23. The summed E-state index contributed by atoms with van der Waals surface area (Å²) in [6.45, 7) is 4.04. The Hall–Kier alpha value is -1.83. The summed E-state index contributed by atoms with van der Waals surface area (Å²) < 4.78 is 28.7. The second kappa shape index (κ2) is 6.74. The molecule has 0 radical (unpaired) electrons. The van der Waals surface area contributed by atoms with E-state index in [9.17, 15) is 18.0 Å². The van der Waals surface area contributed by atoms with Crippen molar-refractivity contribution in [3.8, 4) is 0 Å². The van der Waals surface area contributed by atoms with Crippen molar-refractivity contribution >= 4 is 21.7 Å². The number of amides is 1. The smallest absolute Gasteiger partial charge is 0.339 e. The predicted octanol–water partition coefficient (Wildman–Crippen LogP) is 1.58. The van der Waals surface area contributed by atoms with Gasteiger partial charge in [-0.15, -0.1) is 0 Å². The number of rotatable bonds is 6. The van der Waals surface area contributed by atoms with Crippen LogP contribution in [0.1, 0.15) is 53.4 Å². The number of carbonyl (C=O) groups is 2. The second-order valence-electron chi connectivity index (χ2n) is 5.66. The lowest BCUT2D eigenvalue weighted by molar-refractivity contribution is 0.0659. The monoisotopic (exact) mass is 343 g/mol. The van der Waals surface area contributed by atoms with Gasteiger partial charge < -0.3 is 14.4 Å². The van der Waals surface area contributed by atoms with E-state index in [0.29, 0.717) is 25.8 Å². The molecule has 0 bridgehead atoms. The molecule has 1 aromatic heterocycles. The molecule has 2 heterocycles. The Kier molecular flexibility index (Phi) is 5.13. The Morgan fingerprint density at radius 2 is 2.09 bits per heavy atom. The summed E-state index contributed by atoms with van der Waals surface area (Å²) in [6, 6.07) is 0.853. The van der Waals surface area contributed by atoms with Crippen molar-refractivity contribution in [1.82, 2.24) is 4.90 Å². The normalized spacial score (nSPS) is 19.7. The molecule has 1 atom stereocenters. The van der Waals surface area contributed by atoms with Crippen molar-refractivity contribution in [3.63, 3.8) is 0 Å². The van der Waals surface area contributed by atoms with Gasteiger partial charge in [0, 0.05) is 25.1 Å². The van der Waals surface area contributed by atoms with Crippen LogP contribution in [0.15, 0.2) is 10.5 Å². The first-order valence-electron chi connectivity index (χ1n) is 7.66. The molecule has 1 unspecified atom stereocenters. The zero-order chi connectivity index (χ0) is 17.2. The Labute approximate surface area is 135 Å². The minimum absolute atomic E-state index is 0.0219. The number of sulfone groups is 1. The number of furan rings is 1. The highest BCUT2D eigenvalue weighted by atomic mass is 32.2. The van der Waals surface area contributed by atoms with Crippen molar-refractivity contribution in [2.75, 3.05) is 18.1 Å². The Bertz CT molecular complexity index is 706. The van der Waals surface area contributed by atoms with E-state index < -0.39 is 21.7 Å². The summed E-state index contributed by atoms with van der Waals surface area (Å²) in [5.74, 6) is -1.37. The molecule has 1 aliphatic rings. The maximum absolute atomic E-state index is 12.7. The number of aromatic carboxylic acids is 1. The molecule has 1 aliphatic heterocycles. The van der Waals surface area contributed by atoms with Crippen molar-refractivity contribution in [2.45, 2.75) is 39.2 Å². The van der Waals surface area contributed by atoms with Crippen LogP contribution in [0.3, 0.4) is 0 Å². The Morgan fingerprint density at radius 3 is 2.52 bits per heavy atom. The van der Waals surface area contributed by atoms with E-state index >= 15 is 0 Å². The molecule has 7 nitrogen and oxygen atoms in total. The van der Waals surface area contributed by atoms with Gasteiger partial charge in [-0.1, -0.05) is 13.8 Å². The van der Waals surface area contributed by atoms with E-state index in [4.69, 9.17) is 9.52 Å². The van der Waals surface area contributed by atoms with Gasteiger partial charge in [0.1, 0.15) is 11.3 Å². The zero-order valence-electron chi connectivity index (χ0n) is 13.2. The topological polar surface area (TPSA) is 105 Å². The standard InChI is InChI=1S/C15H21NO6S/c1-3-6-16(10-5-7-23(20,21)9-10)14(17)13-8-11(15(18)19)12(4-2)22-13/h8,10H,3-7,9H2,1-2H3,(H,18,19). The van der Waals surface area contributed by atoms with Gasteiger partial charge in [0.25, 0.3) is 5.91 Å². The van der Waals surface area contributed by atoms with Crippen LogP contribution in [0.4, 0.5) is 0 Å². The Morgan fingerprint density at radius 1 is 1.39 bits per heavy atom. The largest absolute Gasteiger partial charge is 0.478 e. The van der Waals surface area contributed by atoms with Gasteiger partial charge in [0.2, 0.25) is 0 Å². The van der Waals surface area contributed by atoms with Crippen molar-refractivity contribution in [2.24, 2.45) is 0 Å². The van der Waals surface area contributed by atoms with Gasteiger partial charge in [-0.25, -0.2) is 13.2 Å². The highest BCUT2D eigenvalue weighted by Gasteiger charge is 2.36. The van der Waals surface area contributed by atoms with E-state index in [1.165, 1.54) is 11.0 Å². The summed E-state index contributed by atoms with van der Waals surface area (Å²) in [5.41, 5.74) is -0.0219. The molecule has 0 aromatic carbocycles. The maximum Gasteiger partial charge on any atom is 0.339 e. The molecule has 1 fully saturated rings. The van der Waals surface area contributed by atoms with E-state index in [1.807, 2.05) is 6.92 Å². The molecule has 0 aliphatic carbocycles. The molecule has 1 N–H and O–H groups in total. The van der Waals surface area contributed by atoms with Crippen LogP contribution in [-0.4, -0.2) is 54.4 Å². The van der Waals surface area contributed by atoms with E-state index in [1.54, 1.807) is 6.92 Å². The Balaban J connectivity index is 2.29. The van der Waals surface area contributed by atoms with Crippen molar-refractivity contribution in [3.05, 3.63) is 23.2 Å². The number of carboxylic acids is 1. The molecule has 0 saturated carbocycles. The van der Waals surface area contributed by atoms with Gasteiger partial charge in [0.05, 0.1) is 11.5 Å². The van der Waals surface area contributed by atoms with Gasteiger partial charge in [-0.2, -0.15) is 0 Å². The average molecular weight is 343 g/mol. The quantitative estimate of drug-likeness (QED) is 0.841. The number of carboxylic acid groups (broad SMARTS) is 1. The molecule has 23 heavy (non-hydrogen) atoms. The molecule has 1 aromatic rings. The third kappa shape index (κ3) is 3.74. The molecular formula is C15H21NO6S. The number of hydrogen-bond acceptors (Lipinski definition) is 5. The SMILES string of the molecule is CCCN(C(=O)c1cc(C(=O)O)c(CC)o1)C1CCS(=O)(=O)C1. The maximum atomic E-state index is 12.7. The van der Waals surface area contributed by atoms with Crippen LogP contribution >= 0.6 is 0 Å². The molecule has 1 amide bonds. The van der Waals surface area contributed by atoms with Crippen LogP contribution in [0.2, 0.25) is 0 Å². The lowest BCUT2D eigenvalue weighted by Gasteiger charge is -2.26. The first kappa shape index (κ1) is 17.5. The van der Waals surface area contributed by atoms with Gasteiger partial charge in [-0.3, -0.25) is 4.79 Å². The lowest BCUT2D eigenvalue weighted by atomic mass is 10.1. The second-order valence-corrected chi connectivity index (χ2v) is 7.89. The van der Waals surface area contributed by atoms with Crippen LogP contribution in [0.5, 0.6) is 0 Å². The minimum Gasteiger partial charge on any atom is -0.478 e. The molecular weight excluding hydrogens is 322 g/mol. The third-order valence-electron chi connectivity index (χ3n) is 3.95. The summed E-state index contributed by atoms with van der Waals surface area (Å²) in [6.07, 6.45) is 1.44. The fraction of sp³-hybridized carbons (Fsp3) is 0.600. The van der Waals surface area contributed by atoms with Crippen molar-refractivity contribution < 1.29 is 27.5 Å². The van der Waals surface area contributed by atoms with Gasteiger partial charge in [0.15, 0.2) is 15.6 Å². The number of nitrogens with zero attached hydrogens (tertiary/aromatic N) is 1. The van der Waals surface area contributed by atoms with Crippen LogP contribution in [0.25, 0.3) is 0 Å². The summed E-state index contributed by atoms with van der Waals surface area (Å²) in [5, 5.41) is 9.15. The lowest BCUT2D eigenvalue weighted by Crippen LogP contribution is -2.41. The molecule has 1 saturated heterocycles. The van der Waals surface area contributed by atoms with Gasteiger partial charge >= 0.3 is 5.97 Å². The van der Waals surface area contributed by atoms with Gasteiger partial charge in [-0.05, 0) is 12.8 Å². The van der Waals surface area contributed by atoms with E-state index in [2.05, 4.69) is 0 Å². The minimum atomic E-state index is -3.11. The molecule has 0 spiro atoms. The summed E-state index contributed by atoms with van der Waals surface area (Å²) >= 11 is 0.